The van der Waals surface area contributed by atoms with Gasteiger partial charge in [-0.3, -0.25) is 19.0 Å². The molecule has 2 N–H and O–H groups in total. The van der Waals surface area contributed by atoms with E-state index >= 15 is 0 Å². The quantitative estimate of drug-likeness (QED) is 0.438. The number of halogens is 3. The number of pyridine rings is 2. The Hall–Kier alpha value is -2.64. The lowest BCUT2D eigenvalue weighted by Gasteiger charge is -2.11. The van der Waals surface area contributed by atoms with Crippen molar-refractivity contribution in [1.29, 1.82) is 0 Å². The van der Waals surface area contributed by atoms with Crippen LogP contribution in [0.25, 0.3) is 0 Å². The molecule has 10 nitrogen and oxygen atoms in total. The molecular weight excluding hydrogens is 604 g/mol. The van der Waals surface area contributed by atoms with Crippen LogP contribution in [-0.4, -0.2) is 30.9 Å². The fraction of sp³-hybridized carbons (Fsp3) is 0.111. The molecule has 0 aliphatic rings. The number of hydrogen-bond donors (Lipinski definition) is 2. The predicted octanol–water partition coefficient (Wildman–Crippen LogP) is 2.36. The summed E-state index contributed by atoms with van der Waals surface area (Å²) in [5.41, 5.74) is -1.51. The molecule has 3 heterocycles. The van der Waals surface area contributed by atoms with E-state index in [9.17, 15) is 19.2 Å². The van der Waals surface area contributed by atoms with Crippen molar-refractivity contribution in [2.75, 3.05) is 10.6 Å². The van der Waals surface area contributed by atoms with Crippen LogP contribution in [0.15, 0.2) is 65.9 Å². The number of anilines is 2. The summed E-state index contributed by atoms with van der Waals surface area (Å²) in [6.45, 7) is -0.934. The minimum absolute atomic E-state index is 0.0243. The third-order valence-electron chi connectivity index (χ3n) is 3.80. The second-order valence-corrected chi connectivity index (χ2v) is 8.78. The lowest BCUT2D eigenvalue weighted by atomic mass is 10.4. The molecule has 0 fully saturated rings. The minimum atomic E-state index is -0.814. The zero-order chi connectivity index (χ0) is 22.5. The number of nitrogens with zero attached hydrogens (tertiary/aromatic N) is 4. The van der Waals surface area contributed by atoms with E-state index in [1.165, 1.54) is 18.6 Å². The fourth-order valence-corrected chi connectivity index (χ4v) is 3.36. The normalized spacial score (nSPS) is 10.5. The molecule has 0 spiro atoms. The molecular formula is C18H13Br3N6O4. The van der Waals surface area contributed by atoms with Crippen LogP contribution in [0.1, 0.15) is 0 Å². The first-order valence-electron chi connectivity index (χ1n) is 8.55. The summed E-state index contributed by atoms with van der Waals surface area (Å²) in [6.07, 6.45) is 4.20. The van der Waals surface area contributed by atoms with E-state index in [1.54, 1.807) is 24.3 Å². The maximum absolute atomic E-state index is 12.7. The van der Waals surface area contributed by atoms with Gasteiger partial charge in [-0.1, -0.05) is 0 Å². The molecule has 0 atom stereocenters. The molecule has 3 rings (SSSR count). The number of amides is 2. The number of carbonyl (C=O) groups is 2. The van der Waals surface area contributed by atoms with Gasteiger partial charge in [-0.2, -0.15) is 0 Å². The van der Waals surface area contributed by atoms with Crippen molar-refractivity contribution in [3.05, 3.63) is 77.1 Å². The van der Waals surface area contributed by atoms with E-state index in [1.807, 2.05) is 0 Å². The van der Waals surface area contributed by atoms with E-state index in [2.05, 4.69) is 68.4 Å². The van der Waals surface area contributed by atoms with Gasteiger partial charge >= 0.3 is 5.69 Å². The second kappa shape index (κ2) is 10.1. The van der Waals surface area contributed by atoms with Crippen LogP contribution < -0.4 is 21.9 Å². The highest BCUT2D eigenvalue weighted by Crippen LogP contribution is 2.11. The Morgan fingerprint density at radius 3 is 1.84 bits per heavy atom. The highest BCUT2D eigenvalue weighted by atomic mass is 79.9. The van der Waals surface area contributed by atoms with Crippen molar-refractivity contribution < 1.29 is 9.59 Å². The molecule has 0 aromatic carbocycles. The van der Waals surface area contributed by atoms with Crippen LogP contribution in [0, 0.1) is 0 Å². The van der Waals surface area contributed by atoms with Gasteiger partial charge in [0.25, 0.3) is 5.56 Å². The summed E-state index contributed by atoms with van der Waals surface area (Å²) < 4.78 is 3.24. The summed E-state index contributed by atoms with van der Waals surface area (Å²) in [7, 11) is 0. The van der Waals surface area contributed by atoms with Gasteiger partial charge < -0.3 is 10.6 Å². The lowest BCUT2D eigenvalue weighted by molar-refractivity contribution is -0.117. The molecule has 0 saturated heterocycles. The van der Waals surface area contributed by atoms with Crippen molar-refractivity contribution in [2.24, 2.45) is 0 Å². The van der Waals surface area contributed by atoms with Crippen molar-refractivity contribution in [3.63, 3.8) is 0 Å². The first-order valence-corrected chi connectivity index (χ1v) is 10.9. The molecule has 0 aliphatic carbocycles. The van der Waals surface area contributed by atoms with Gasteiger partial charge in [0.2, 0.25) is 11.8 Å². The topological polar surface area (TPSA) is 128 Å². The summed E-state index contributed by atoms with van der Waals surface area (Å²) in [4.78, 5) is 57.7. The first kappa shape index (κ1) is 23.0. The highest BCUT2D eigenvalue weighted by Gasteiger charge is 2.16. The SMILES string of the molecule is O=C(Cn1cc(Br)c(=O)n(CC(=O)Nc2ccc(Br)cn2)c1=O)Nc1ccc(Br)cn1. The van der Waals surface area contributed by atoms with E-state index < -0.39 is 29.6 Å². The van der Waals surface area contributed by atoms with Crippen LogP contribution in [0.4, 0.5) is 11.6 Å². The molecule has 13 heteroatoms. The van der Waals surface area contributed by atoms with Gasteiger partial charge in [-0.05, 0) is 72.1 Å². The third-order valence-corrected chi connectivity index (χ3v) is 5.28. The molecule has 160 valence electrons. The molecule has 0 saturated carbocycles. The van der Waals surface area contributed by atoms with Crippen molar-refractivity contribution in [2.45, 2.75) is 13.1 Å². The van der Waals surface area contributed by atoms with Crippen LogP contribution in [0.3, 0.4) is 0 Å². The van der Waals surface area contributed by atoms with Gasteiger partial charge in [0.1, 0.15) is 24.7 Å². The van der Waals surface area contributed by atoms with Crippen LogP contribution in [0.5, 0.6) is 0 Å². The van der Waals surface area contributed by atoms with Gasteiger partial charge in [0.05, 0.1) is 4.47 Å². The van der Waals surface area contributed by atoms with Gasteiger partial charge in [-0.25, -0.2) is 19.3 Å². The Balaban J connectivity index is 1.77. The Morgan fingerprint density at radius 1 is 0.839 bits per heavy atom. The molecule has 0 unspecified atom stereocenters. The van der Waals surface area contributed by atoms with Gasteiger partial charge in [0, 0.05) is 27.5 Å². The highest BCUT2D eigenvalue weighted by molar-refractivity contribution is 9.11. The number of aromatic nitrogens is 4. The summed E-state index contributed by atoms with van der Waals surface area (Å²) in [6, 6.07) is 6.52. The van der Waals surface area contributed by atoms with E-state index in [0.29, 0.717) is 5.82 Å². The Kier molecular flexibility index (Phi) is 7.51. The molecule has 3 aromatic heterocycles. The molecule has 2 amide bonds. The van der Waals surface area contributed by atoms with Gasteiger partial charge in [-0.15, -0.1) is 0 Å². The van der Waals surface area contributed by atoms with Crippen molar-refractivity contribution in [3.8, 4) is 0 Å². The summed E-state index contributed by atoms with van der Waals surface area (Å²) >= 11 is 9.55. The number of nitrogens with one attached hydrogen (secondary N) is 2. The standard InChI is InChI=1S/C18H13Br3N6O4/c19-10-1-3-13(22-5-10)24-15(28)8-26-7-12(21)17(30)27(18(26)31)9-16(29)25-14-4-2-11(20)6-23-14/h1-7H,8-9H2,(H,22,24,28)(H,23,25,29). The van der Waals surface area contributed by atoms with E-state index in [-0.39, 0.29) is 16.8 Å². The Bertz CT molecular complexity index is 1240. The number of rotatable bonds is 6. The first-order chi connectivity index (χ1) is 14.7. The predicted molar refractivity (Wildman–Crippen MR) is 124 cm³/mol. The fourth-order valence-electron chi connectivity index (χ4n) is 2.43. The average Bonchev–Trinajstić information content (AvgIpc) is 2.73. The van der Waals surface area contributed by atoms with Gasteiger partial charge in [0.15, 0.2) is 0 Å². The maximum Gasteiger partial charge on any atom is 0.332 e. The Morgan fingerprint density at radius 2 is 1.35 bits per heavy atom. The molecule has 3 aromatic rings. The second-order valence-electron chi connectivity index (χ2n) is 6.10. The van der Waals surface area contributed by atoms with Crippen molar-refractivity contribution >= 4 is 71.2 Å². The van der Waals surface area contributed by atoms with Crippen molar-refractivity contribution in [1.82, 2.24) is 19.1 Å². The number of hydrogen-bond acceptors (Lipinski definition) is 6. The van der Waals surface area contributed by atoms with Crippen LogP contribution >= 0.6 is 47.8 Å². The van der Waals surface area contributed by atoms with Crippen LogP contribution in [0.2, 0.25) is 0 Å². The Labute approximate surface area is 200 Å². The minimum Gasteiger partial charge on any atom is -0.309 e. The lowest BCUT2D eigenvalue weighted by Crippen LogP contribution is -2.43. The third kappa shape index (κ3) is 6.18. The largest absolute Gasteiger partial charge is 0.332 e. The molecule has 0 radical (unpaired) electrons. The van der Waals surface area contributed by atoms with E-state index in [0.717, 1.165) is 18.1 Å². The summed E-state index contributed by atoms with van der Waals surface area (Å²) in [5.74, 6) is -0.590. The molecule has 0 aliphatic heterocycles. The van der Waals surface area contributed by atoms with Crippen LogP contribution in [-0.2, 0) is 22.7 Å². The molecule has 31 heavy (non-hydrogen) atoms. The van der Waals surface area contributed by atoms with E-state index in [4.69, 9.17) is 0 Å². The number of carbonyl (C=O) groups excluding carboxylic acids is 2. The average molecular weight is 617 g/mol. The summed E-state index contributed by atoms with van der Waals surface area (Å²) in [5, 5.41) is 5.06. The zero-order valence-electron chi connectivity index (χ0n) is 15.5. The molecule has 0 bridgehead atoms. The monoisotopic (exact) mass is 614 g/mol. The smallest absolute Gasteiger partial charge is 0.309 e. The maximum atomic E-state index is 12.7. The zero-order valence-corrected chi connectivity index (χ0v) is 20.3.